The van der Waals surface area contributed by atoms with Crippen LogP contribution in [0.25, 0.3) is 0 Å². The lowest BCUT2D eigenvalue weighted by atomic mass is 10.3. The van der Waals surface area contributed by atoms with E-state index in [1.807, 2.05) is 6.92 Å². The van der Waals surface area contributed by atoms with Crippen molar-refractivity contribution in [1.82, 2.24) is 0 Å². The fourth-order valence-corrected chi connectivity index (χ4v) is 2.91. The Kier molecular flexibility index (Phi) is 4.60. The van der Waals surface area contributed by atoms with Crippen LogP contribution in [-0.2, 0) is 9.53 Å². The molecule has 1 heterocycles. The number of thioether (sulfide) groups is 1. The molecule has 0 aromatic heterocycles. The molecule has 1 aromatic rings. The molecule has 0 spiro atoms. The van der Waals surface area contributed by atoms with Gasteiger partial charge in [-0.05, 0) is 25.5 Å². The molecular formula is C13H16FNO2S. The summed E-state index contributed by atoms with van der Waals surface area (Å²) in [7, 11) is 0. The predicted molar refractivity (Wildman–Crippen MR) is 71.3 cm³/mol. The Balaban J connectivity index is 1.80. The summed E-state index contributed by atoms with van der Waals surface area (Å²) in [5.74, 6) is -0.259. The highest BCUT2D eigenvalue weighted by Crippen LogP contribution is 2.26. The fraction of sp³-hybridized carbons (Fsp3) is 0.462. The lowest BCUT2D eigenvalue weighted by Crippen LogP contribution is -2.20. The van der Waals surface area contributed by atoms with E-state index in [4.69, 9.17) is 4.74 Å². The lowest BCUT2D eigenvalue weighted by Gasteiger charge is -2.13. The molecule has 1 amide bonds. The average Bonchev–Trinajstić information content (AvgIpc) is 2.75. The van der Waals surface area contributed by atoms with Crippen LogP contribution in [0.4, 0.5) is 10.1 Å². The molecule has 1 N–H and O–H groups in total. The van der Waals surface area contributed by atoms with Gasteiger partial charge in [-0.1, -0.05) is 12.1 Å². The number of anilines is 1. The van der Waals surface area contributed by atoms with Crippen molar-refractivity contribution in [1.29, 1.82) is 0 Å². The van der Waals surface area contributed by atoms with Gasteiger partial charge in [-0.2, -0.15) is 0 Å². The Morgan fingerprint density at radius 3 is 3.00 bits per heavy atom. The van der Waals surface area contributed by atoms with Gasteiger partial charge in [0.1, 0.15) is 5.82 Å². The molecule has 0 radical (unpaired) electrons. The lowest BCUT2D eigenvalue weighted by molar-refractivity contribution is -0.113. The van der Waals surface area contributed by atoms with Crippen molar-refractivity contribution in [3.05, 3.63) is 30.1 Å². The van der Waals surface area contributed by atoms with Gasteiger partial charge in [-0.15, -0.1) is 11.8 Å². The van der Waals surface area contributed by atoms with Crippen molar-refractivity contribution in [3.63, 3.8) is 0 Å². The maximum Gasteiger partial charge on any atom is 0.234 e. The van der Waals surface area contributed by atoms with E-state index in [1.165, 1.54) is 6.07 Å². The van der Waals surface area contributed by atoms with Crippen LogP contribution in [0.3, 0.4) is 0 Å². The van der Waals surface area contributed by atoms with E-state index in [2.05, 4.69) is 5.32 Å². The minimum Gasteiger partial charge on any atom is -0.377 e. The van der Waals surface area contributed by atoms with Crippen LogP contribution >= 0.6 is 11.8 Å². The van der Waals surface area contributed by atoms with Gasteiger partial charge in [0.2, 0.25) is 5.91 Å². The summed E-state index contributed by atoms with van der Waals surface area (Å²) in [6.45, 7) is 2.77. The number of carbonyl (C=O) groups excluding carboxylic acids is 1. The number of halogens is 1. The highest BCUT2D eigenvalue weighted by atomic mass is 32.2. The number of nitrogens with one attached hydrogen (secondary N) is 1. The number of benzene rings is 1. The molecule has 0 saturated carbocycles. The third kappa shape index (κ3) is 3.46. The molecular weight excluding hydrogens is 253 g/mol. The maximum atomic E-state index is 13.3. The molecule has 1 aliphatic heterocycles. The topological polar surface area (TPSA) is 38.3 Å². The van der Waals surface area contributed by atoms with Crippen molar-refractivity contribution < 1.29 is 13.9 Å². The Bertz CT molecular complexity index is 427. The zero-order valence-corrected chi connectivity index (χ0v) is 11.0. The number of carbonyl (C=O) groups is 1. The highest BCUT2D eigenvalue weighted by molar-refractivity contribution is 8.00. The van der Waals surface area contributed by atoms with Crippen LogP contribution in [0.2, 0.25) is 0 Å². The SMILES string of the molecule is C[C@H]1OCC[C@H]1SCC(=O)Nc1ccccc1F. The Morgan fingerprint density at radius 1 is 1.56 bits per heavy atom. The summed E-state index contributed by atoms with van der Waals surface area (Å²) in [6.07, 6.45) is 1.16. The van der Waals surface area contributed by atoms with Gasteiger partial charge in [-0.25, -0.2) is 4.39 Å². The second-order valence-electron chi connectivity index (χ2n) is 4.24. The smallest absolute Gasteiger partial charge is 0.234 e. The van der Waals surface area contributed by atoms with Crippen LogP contribution in [-0.4, -0.2) is 29.6 Å². The molecule has 1 fully saturated rings. The Morgan fingerprint density at radius 2 is 2.33 bits per heavy atom. The van der Waals surface area contributed by atoms with Crippen LogP contribution < -0.4 is 5.32 Å². The van der Waals surface area contributed by atoms with Gasteiger partial charge in [-0.3, -0.25) is 4.79 Å². The van der Waals surface area contributed by atoms with E-state index >= 15 is 0 Å². The Labute approximate surface area is 110 Å². The van der Waals surface area contributed by atoms with Crippen molar-refractivity contribution in [2.75, 3.05) is 17.7 Å². The average molecular weight is 269 g/mol. The van der Waals surface area contributed by atoms with Gasteiger partial charge < -0.3 is 10.1 Å². The number of para-hydroxylation sites is 1. The summed E-state index contributed by atoms with van der Waals surface area (Å²) in [5, 5.41) is 2.93. The van der Waals surface area contributed by atoms with Crippen molar-refractivity contribution >= 4 is 23.4 Å². The predicted octanol–water partition coefficient (Wildman–Crippen LogP) is 2.67. The molecule has 5 heteroatoms. The first-order valence-corrected chi connectivity index (χ1v) is 6.99. The van der Waals surface area contributed by atoms with E-state index in [9.17, 15) is 9.18 Å². The number of rotatable bonds is 4. The summed E-state index contributed by atoms with van der Waals surface area (Å²) in [5.41, 5.74) is 0.235. The highest BCUT2D eigenvalue weighted by Gasteiger charge is 2.25. The second kappa shape index (κ2) is 6.20. The molecule has 1 aromatic carbocycles. The van der Waals surface area contributed by atoms with Crippen LogP contribution in [0.5, 0.6) is 0 Å². The molecule has 18 heavy (non-hydrogen) atoms. The first kappa shape index (κ1) is 13.4. The van der Waals surface area contributed by atoms with E-state index in [-0.39, 0.29) is 17.7 Å². The van der Waals surface area contributed by atoms with E-state index < -0.39 is 5.82 Å². The number of hydrogen-bond acceptors (Lipinski definition) is 3. The number of ether oxygens (including phenoxy) is 1. The third-order valence-corrected chi connectivity index (χ3v) is 4.36. The minimum atomic E-state index is -0.409. The largest absolute Gasteiger partial charge is 0.377 e. The summed E-state index contributed by atoms with van der Waals surface area (Å²) in [6, 6.07) is 6.17. The Hall–Kier alpha value is -1.07. The minimum absolute atomic E-state index is 0.177. The van der Waals surface area contributed by atoms with Gasteiger partial charge >= 0.3 is 0 Å². The maximum absolute atomic E-state index is 13.3. The summed E-state index contributed by atoms with van der Waals surface area (Å²) < 4.78 is 18.7. The zero-order valence-electron chi connectivity index (χ0n) is 10.2. The van der Waals surface area contributed by atoms with Gasteiger partial charge in [0.15, 0.2) is 0 Å². The van der Waals surface area contributed by atoms with Crippen LogP contribution in [0.15, 0.2) is 24.3 Å². The molecule has 0 bridgehead atoms. The molecule has 1 saturated heterocycles. The molecule has 0 aliphatic carbocycles. The summed E-state index contributed by atoms with van der Waals surface area (Å²) >= 11 is 1.57. The quantitative estimate of drug-likeness (QED) is 0.913. The van der Waals surface area contributed by atoms with Crippen LogP contribution in [0, 0.1) is 5.82 Å². The zero-order chi connectivity index (χ0) is 13.0. The molecule has 1 aliphatic rings. The van der Waals surface area contributed by atoms with Crippen molar-refractivity contribution in [3.8, 4) is 0 Å². The first-order valence-electron chi connectivity index (χ1n) is 5.94. The standard InChI is InChI=1S/C13H16FNO2S/c1-9-12(6-7-17-9)18-8-13(16)15-11-5-3-2-4-10(11)14/h2-5,9,12H,6-8H2,1H3,(H,15,16)/t9-,12-/m1/s1. The molecule has 2 rings (SSSR count). The van der Waals surface area contributed by atoms with E-state index in [1.54, 1.807) is 30.0 Å². The molecule has 0 unspecified atom stereocenters. The molecule has 98 valence electrons. The normalized spacial score (nSPS) is 23.0. The second-order valence-corrected chi connectivity index (χ2v) is 5.47. The van der Waals surface area contributed by atoms with Crippen molar-refractivity contribution in [2.24, 2.45) is 0 Å². The van der Waals surface area contributed by atoms with Gasteiger partial charge in [0.05, 0.1) is 17.5 Å². The third-order valence-electron chi connectivity index (χ3n) is 2.88. The van der Waals surface area contributed by atoms with Crippen molar-refractivity contribution in [2.45, 2.75) is 24.7 Å². The monoisotopic (exact) mass is 269 g/mol. The van der Waals surface area contributed by atoms with Gasteiger partial charge in [0, 0.05) is 11.9 Å². The first-order chi connectivity index (χ1) is 8.66. The van der Waals surface area contributed by atoms with E-state index in [0.717, 1.165) is 13.0 Å². The van der Waals surface area contributed by atoms with E-state index in [0.29, 0.717) is 11.0 Å². The number of amides is 1. The molecule has 2 atom stereocenters. The van der Waals surface area contributed by atoms with Crippen LogP contribution in [0.1, 0.15) is 13.3 Å². The number of hydrogen-bond donors (Lipinski definition) is 1. The van der Waals surface area contributed by atoms with Gasteiger partial charge in [0.25, 0.3) is 0 Å². The molecule has 3 nitrogen and oxygen atoms in total. The fourth-order valence-electron chi connectivity index (χ4n) is 1.86. The summed E-state index contributed by atoms with van der Waals surface area (Å²) in [4.78, 5) is 11.7.